The Hall–Kier alpha value is -4.63. The number of para-hydroxylation sites is 2. The van der Waals surface area contributed by atoms with E-state index in [1.807, 2.05) is 37.3 Å². The van der Waals surface area contributed by atoms with Gasteiger partial charge >= 0.3 is 0 Å². The van der Waals surface area contributed by atoms with Gasteiger partial charge in [0, 0.05) is 22.2 Å². The second kappa shape index (κ2) is 9.20. The Labute approximate surface area is 210 Å². The van der Waals surface area contributed by atoms with E-state index in [0.29, 0.717) is 5.82 Å². The second-order valence-electron chi connectivity index (χ2n) is 9.04. The Bertz CT molecular complexity index is 1760. The molecule has 1 aromatic heterocycles. The van der Waals surface area contributed by atoms with Crippen molar-refractivity contribution >= 4 is 33.1 Å². The molecule has 5 aromatic carbocycles. The predicted molar refractivity (Wildman–Crippen MR) is 151 cm³/mol. The Morgan fingerprint density at radius 1 is 0.639 bits per heavy atom. The largest absolute Gasteiger partial charge is 0.253 e. The molecule has 6 rings (SSSR count). The van der Waals surface area contributed by atoms with Crippen LogP contribution >= 0.6 is 0 Å². The quantitative estimate of drug-likeness (QED) is 0.246. The standard InChI is InChI=1S/C33H25N3/c1-22-10-3-7-16-30(22)34-23(2)25-13-9-14-28(20-25)33-35-31-17-8-6-15-29(31)32(36-33)27-19-18-24-11-4-5-12-26(24)21-27/h3-21H,1-2H3/b34-23+. The zero-order valence-electron chi connectivity index (χ0n) is 20.3. The lowest BCUT2D eigenvalue weighted by atomic mass is 10.0. The average molecular weight is 464 g/mol. The van der Waals surface area contributed by atoms with Crippen molar-refractivity contribution < 1.29 is 0 Å². The molecule has 0 saturated carbocycles. The van der Waals surface area contributed by atoms with Gasteiger partial charge < -0.3 is 0 Å². The molecule has 3 heteroatoms. The third-order valence-electron chi connectivity index (χ3n) is 6.57. The Morgan fingerprint density at radius 2 is 1.42 bits per heavy atom. The van der Waals surface area contributed by atoms with Gasteiger partial charge in [-0.05, 0) is 60.0 Å². The van der Waals surface area contributed by atoms with Crippen molar-refractivity contribution in [2.45, 2.75) is 13.8 Å². The molecule has 0 radical (unpaired) electrons. The number of fused-ring (bicyclic) bond motifs is 2. The van der Waals surface area contributed by atoms with Gasteiger partial charge in [-0.3, -0.25) is 4.99 Å². The molecule has 0 aliphatic carbocycles. The van der Waals surface area contributed by atoms with E-state index in [-0.39, 0.29) is 0 Å². The van der Waals surface area contributed by atoms with Crippen LogP contribution in [-0.4, -0.2) is 15.7 Å². The fraction of sp³-hybridized carbons (Fsp3) is 0.0606. The smallest absolute Gasteiger partial charge is 0.160 e. The van der Waals surface area contributed by atoms with Crippen molar-refractivity contribution in [1.29, 1.82) is 0 Å². The number of aromatic nitrogens is 2. The highest BCUT2D eigenvalue weighted by molar-refractivity contribution is 6.01. The molecule has 0 N–H and O–H groups in total. The maximum atomic E-state index is 5.10. The van der Waals surface area contributed by atoms with Gasteiger partial charge in [0.15, 0.2) is 5.82 Å². The van der Waals surface area contributed by atoms with Crippen LogP contribution in [0.25, 0.3) is 44.3 Å². The lowest BCUT2D eigenvalue weighted by Crippen LogP contribution is -1.98. The predicted octanol–water partition coefficient (Wildman–Crippen LogP) is 8.57. The summed E-state index contributed by atoms with van der Waals surface area (Å²) in [6.45, 7) is 4.13. The number of benzene rings is 5. The number of rotatable bonds is 4. The van der Waals surface area contributed by atoms with Gasteiger partial charge in [0.05, 0.1) is 16.9 Å². The van der Waals surface area contributed by atoms with Crippen LogP contribution in [0, 0.1) is 6.92 Å². The van der Waals surface area contributed by atoms with E-state index in [2.05, 4.69) is 91.9 Å². The summed E-state index contributed by atoms with van der Waals surface area (Å²) >= 11 is 0. The van der Waals surface area contributed by atoms with E-state index in [0.717, 1.165) is 50.2 Å². The van der Waals surface area contributed by atoms with Crippen LogP contribution in [-0.2, 0) is 0 Å². The van der Waals surface area contributed by atoms with Crippen LogP contribution in [0.3, 0.4) is 0 Å². The number of hydrogen-bond acceptors (Lipinski definition) is 3. The fourth-order valence-electron chi connectivity index (χ4n) is 4.58. The topological polar surface area (TPSA) is 38.1 Å². The van der Waals surface area contributed by atoms with E-state index < -0.39 is 0 Å². The molecule has 6 aromatic rings. The number of nitrogens with zero attached hydrogens (tertiary/aromatic N) is 3. The van der Waals surface area contributed by atoms with Crippen molar-refractivity contribution in [2.24, 2.45) is 4.99 Å². The van der Waals surface area contributed by atoms with Crippen LogP contribution in [0.4, 0.5) is 5.69 Å². The van der Waals surface area contributed by atoms with Crippen molar-refractivity contribution in [3.8, 4) is 22.6 Å². The molecule has 0 saturated heterocycles. The minimum Gasteiger partial charge on any atom is -0.253 e. The van der Waals surface area contributed by atoms with Gasteiger partial charge in [-0.15, -0.1) is 0 Å². The second-order valence-corrected chi connectivity index (χ2v) is 9.04. The molecule has 36 heavy (non-hydrogen) atoms. The molecule has 0 fully saturated rings. The summed E-state index contributed by atoms with van der Waals surface area (Å²) < 4.78 is 0. The van der Waals surface area contributed by atoms with E-state index in [1.54, 1.807) is 0 Å². The molecule has 0 bridgehead atoms. The lowest BCUT2D eigenvalue weighted by Gasteiger charge is -2.11. The highest BCUT2D eigenvalue weighted by Gasteiger charge is 2.13. The normalized spacial score (nSPS) is 11.8. The highest BCUT2D eigenvalue weighted by atomic mass is 14.9. The van der Waals surface area contributed by atoms with Gasteiger partial charge in [0.2, 0.25) is 0 Å². The van der Waals surface area contributed by atoms with Crippen LogP contribution < -0.4 is 0 Å². The minimum atomic E-state index is 0.711. The Kier molecular flexibility index (Phi) is 5.59. The van der Waals surface area contributed by atoms with Crippen molar-refractivity contribution in [1.82, 2.24) is 9.97 Å². The Morgan fingerprint density at radius 3 is 2.31 bits per heavy atom. The van der Waals surface area contributed by atoms with Gasteiger partial charge in [-0.2, -0.15) is 0 Å². The first kappa shape index (κ1) is 21.9. The maximum absolute atomic E-state index is 5.10. The first-order valence-corrected chi connectivity index (χ1v) is 12.1. The molecule has 3 nitrogen and oxygen atoms in total. The van der Waals surface area contributed by atoms with Crippen LogP contribution in [0.15, 0.2) is 120 Å². The van der Waals surface area contributed by atoms with Gasteiger partial charge in [0.1, 0.15) is 0 Å². The first-order valence-electron chi connectivity index (χ1n) is 12.1. The van der Waals surface area contributed by atoms with E-state index in [4.69, 9.17) is 15.0 Å². The average Bonchev–Trinajstić information content (AvgIpc) is 2.93. The summed E-state index contributed by atoms with van der Waals surface area (Å²) in [4.78, 5) is 14.9. The summed E-state index contributed by atoms with van der Waals surface area (Å²) in [5.41, 5.74) is 8.09. The first-order chi connectivity index (χ1) is 17.7. The minimum absolute atomic E-state index is 0.711. The van der Waals surface area contributed by atoms with Crippen LogP contribution in [0.5, 0.6) is 0 Å². The van der Waals surface area contributed by atoms with Crippen LogP contribution in [0.2, 0.25) is 0 Å². The van der Waals surface area contributed by atoms with E-state index in [1.165, 1.54) is 10.8 Å². The molecule has 0 aliphatic heterocycles. The zero-order chi connectivity index (χ0) is 24.5. The third kappa shape index (κ3) is 4.16. The van der Waals surface area contributed by atoms with Crippen molar-refractivity contribution in [2.75, 3.05) is 0 Å². The summed E-state index contributed by atoms with van der Waals surface area (Å²) in [6, 6.07) is 39.7. The highest BCUT2D eigenvalue weighted by Crippen LogP contribution is 2.31. The van der Waals surface area contributed by atoms with Gasteiger partial charge in [0.25, 0.3) is 0 Å². The van der Waals surface area contributed by atoms with Gasteiger partial charge in [-0.1, -0.05) is 91.0 Å². The summed E-state index contributed by atoms with van der Waals surface area (Å²) in [7, 11) is 0. The third-order valence-corrected chi connectivity index (χ3v) is 6.57. The molecule has 0 amide bonds. The van der Waals surface area contributed by atoms with Crippen molar-refractivity contribution in [3.05, 3.63) is 126 Å². The Balaban J connectivity index is 1.48. The molecule has 0 unspecified atom stereocenters. The summed E-state index contributed by atoms with van der Waals surface area (Å²) in [5.74, 6) is 0.711. The number of hydrogen-bond donors (Lipinski definition) is 0. The summed E-state index contributed by atoms with van der Waals surface area (Å²) in [6.07, 6.45) is 0. The van der Waals surface area contributed by atoms with Crippen LogP contribution in [0.1, 0.15) is 18.1 Å². The van der Waals surface area contributed by atoms with E-state index >= 15 is 0 Å². The maximum Gasteiger partial charge on any atom is 0.160 e. The van der Waals surface area contributed by atoms with Gasteiger partial charge in [-0.25, -0.2) is 9.97 Å². The summed E-state index contributed by atoms with van der Waals surface area (Å²) in [5, 5.41) is 3.46. The molecule has 0 aliphatic rings. The molecule has 1 heterocycles. The number of aliphatic imine (C=N–C) groups is 1. The lowest BCUT2D eigenvalue weighted by molar-refractivity contribution is 1.23. The molecule has 0 spiro atoms. The van der Waals surface area contributed by atoms with Crippen molar-refractivity contribution in [3.63, 3.8) is 0 Å². The molecule has 0 atom stereocenters. The monoisotopic (exact) mass is 463 g/mol. The SMILES string of the molecule is C/C(=N\c1ccccc1C)c1cccc(-c2nc(-c3ccc4ccccc4c3)c3ccccc3n2)c1. The number of aryl methyl sites for hydroxylation is 1. The zero-order valence-corrected chi connectivity index (χ0v) is 20.3. The van der Waals surface area contributed by atoms with E-state index in [9.17, 15) is 0 Å². The molecular formula is C33H25N3. The fourth-order valence-corrected chi connectivity index (χ4v) is 4.58. The molecule has 172 valence electrons. The molecular weight excluding hydrogens is 438 g/mol.